The number of hydrogen-bond acceptors (Lipinski definition) is 3. The average molecular weight is 249 g/mol. The molecule has 1 heterocycles. The molecule has 1 amide bonds. The molecule has 0 aliphatic carbocycles. The summed E-state index contributed by atoms with van der Waals surface area (Å²) in [5.41, 5.74) is 0.692. The largest absolute Gasteiger partial charge is 0.497 e. The summed E-state index contributed by atoms with van der Waals surface area (Å²) in [6, 6.07) is 7.21. The molecular weight excluding hydrogens is 230 g/mol. The van der Waals surface area contributed by atoms with Gasteiger partial charge in [0.1, 0.15) is 5.75 Å². The Labute approximate surface area is 107 Å². The van der Waals surface area contributed by atoms with E-state index in [2.05, 4.69) is 0 Å². The Morgan fingerprint density at radius 3 is 2.28 bits per heavy atom. The van der Waals surface area contributed by atoms with E-state index in [1.165, 1.54) is 0 Å². The molecule has 2 atom stereocenters. The fraction of sp³-hybridized carbons (Fsp3) is 0.500. The molecule has 4 nitrogen and oxygen atoms in total. The number of benzene rings is 1. The SMILES string of the molecule is COc1ccc(C(=O)N2C[C@@H](C)O[C@@H](C)C2)cc1. The minimum atomic E-state index is 0.0552. The van der Waals surface area contributed by atoms with Gasteiger partial charge in [-0.1, -0.05) is 0 Å². The lowest BCUT2D eigenvalue weighted by Gasteiger charge is -2.35. The highest BCUT2D eigenvalue weighted by Crippen LogP contribution is 2.16. The minimum Gasteiger partial charge on any atom is -0.497 e. The molecule has 18 heavy (non-hydrogen) atoms. The van der Waals surface area contributed by atoms with Crippen LogP contribution in [0.25, 0.3) is 0 Å². The van der Waals surface area contributed by atoms with Crippen molar-refractivity contribution in [3.63, 3.8) is 0 Å². The van der Waals surface area contributed by atoms with Gasteiger partial charge in [0, 0.05) is 18.7 Å². The van der Waals surface area contributed by atoms with Crippen molar-refractivity contribution >= 4 is 5.91 Å². The molecule has 1 saturated heterocycles. The van der Waals surface area contributed by atoms with Gasteiger partial charge in [-0.3, -0.25) is 4.79 Å². The molecule has 0 spiro atoms. The Balaban J connectivity index is 2.09. The number of carbonyl (C=O) groups is 1. The number of rotatable bonds is 2. The Hall–Kier alpha value is -1.55. The molecule has 1 aromatic rings. The first kappa shape index (κ1) is 12.9. The van der Waals surface area contributed by atoms with Gasteiger partial charge in [0.25, 0.3) is 5.91 Å². The lowest BCUT2D eigenvalue weighted by Crippen LogP contribution is -2.48. The molecule has 1 aromatic carbocycles. The molecule has 4 heteroatoms. The van der Waals surface area contributed by atoms with Gasteiger partial charge in [-0.25, -0.2) is 0 Å². The Morgan fingerprint density at radius 1 is 1.22 bits per heavy atom. The third kappa shape index (κ3) is 2.82. The van der Waals surface area contributed by atoms with E-state index in [1.54, 1.807) is 31.4 Å². The number of amides is 1. The van der Waals surface area contributed by atoms with Crippen LogP contribution in [0.1, 0.15) is 24.2 Å². The van der Waals surface area contributed by atoms with Crippen LogP contribution in [0.4, 0.5) is 0 Å². The van der Waals surface area contributed by atoms with E-state index < -0.39 is 0 Å². The molecule has 1 aliphatic rings. The highest BCUT2D eigenvalue weighted by Gasteiger charge is 2.26. The normalized spacial score (nSPS) is 23.8. The van der Waals surface area contributed by atoms with Crippen LogP contribution in [0, 0.1) is 0 Å². The second-order valence-electron chi connectivity index (χ2n) is 4.70. The van der Waals surface area contributed by atoms with Crippen LogP contribution in [0.15, 0.2) is 24.3 Å². The van der Waals surface area contributed by atoms with Crippen molar-refractivity contribution in [3.8, 4) is 5.75 Å². The second-order valence-corrected chi connectivity index (χ2v) is 4.70. The van der Waals surface area contributed by atoms with Gasteiger partial charge in [-0.15, -0.1) is 0 Å². The van der Waals surface area contributed by atoms with Gasteiger partial charge in [0.15, 0.2) is 0 Å². The van der Waals surface area contributed by atoms with Gasteiger partial charge in [0.05, 0.1) is 19.3 Å². The van der Waals surface area contributed by atoms with Crippen molar-refractivity contribution in [2.75, 3.05) is 20.2 Å². The summed E-state index contributed by atoms with van der Waals surface area (Å²) in [4.78, 5) is 14.2. The van der Waals surface area contributed by atoms with E-state index in [-0.39, 0.29) is 18.1 Å². The fourth-order valence-corrected chi connectivity index (χ4v) is 2.26. The zero-order valence-corrected chi connectivity index (χ0v) is 11.1. The average Bonchev–Trinajstić information content (AvgIpc) is 2.37. The van der Waals surface area contributed by atoms with Gasteiger partial charge in [-0.2, -0.15) is 0 Å². The molecule has 0 N–H and O–H groups in total. The summed E-state index contributed by atoms with van der Waals surface area (Å²) in [6.45, 7) is 5.28. The molecule has 0 aromatic heterocycles. The Bertz CT molecular complexity index is 406. The van der Waals surface area contributed by atoms with Crippen LogP contribution in [0.5, 0.6) is 5.75 Å². The summed E-state index contributed by atoms with van der Waals surface area (Å²) < 4.78 is 10.7. The molecule has 0 radical (unpaired) electrons. The number of nitrogens with zero attached hydrogens (tertiary/aromatic N) is 1. The number of hydrogen-bond donors (Lipinski definition) is 0. The van der Waals surface area contributed by atoms with Gasteiger partial charge in [-0.05, 0) is 38.1 Å². The molecule has 1 fully saturated rings. The molecule has 0 unspecified atom stereocenters. The van der Waals surface area contributed by atoms with Gasteiger partial charge < -0.3 is 14.4 Å². The minimum absolute atomic E-state index is 0.0552. The van der Waals surface area contributed by atoms with E-state index >= 15 is 0 Å². The van der Waals surface area contributed by atoms with Crippen LogP contribution in [0.3, 0.4) is 0 Å². The first-order valence-corrected chi connectivity index (χ1v) is 6.19. The molecule has 1 aliphatic heterocycles. The maximum Gasteiger partial charge on any atom is 0.254 e. The Kier molecular flexibility index (Phi) is 3.87. The van der Waals surface area contributed by atoms with Crippen molar-refractivity contribution in [2.45, 2.75) is 26.1 Å². The van der Waals surface area contributed by atoms with Crippen molar-refractivity contribution < 1.29 is 14.3 Å². The summed E-state index contributed by atoms with van der Waals surface area (Å²) in [5.74, 6) is 0.815. The van der Waals surface area contributed by atoms with E-state index in [1.807, 2.05) is 18.7 Å². The van der Waals surface area contributed by atoms with Crippen LogP contribution in [-0.4, -0.2) is 43.2 Å². The summed E-state index contributed by atoms with van der Waals surface area (Å²) >= 11 is 0. The lowest BCUT2D eigenvalue weighted by atomic mass is 10.1. The number of methoxy groups -OCH3 is 1. The molecule has 98 valence electrons. The monoisotopic (exact) mass is 249 g/mol. The second kappa shape index (κ2) is 5.40. The van der Waals surface area contributed by atoms with Gasteiger partial charge in [0.2, 0.25) is 0 Å². The predicted molar refractivity (Wildman–Crippen MR) is 68.9 cm³/mol. The van der Waals surface area contributed by atoms with Crippen molar-refractivity contribution in [2.24, 2.45) is 0 Å². The van der Waals surface area contributed by atoms with Crippen molar-refractivity contribution in [1.82, 2.24) is 4.90 Å². The van der Waals surface area contributed by atoms with Crippen LogP contribution >= 0.6 is 0 Å². The molecular formula is C14H19NO3. The first-order chi connectivity index (χ1) is 8.60. The maximum absolute atomic E-state index is 12.3. The van der Waals surface area contributed by atoms with Crippen LogP contribution < -0.4 is 4.74 Å². The zero-order valence-electron chi connectivity index (χ0n) is 11.1. The standard InChI is InChI=1S/C14H19NO3/c1-10-8-15(9-11(2)18-10)14(16)12-4-6-13(17-3)7-5-12/h4-7,10-11H,8-9H2,1-3H3/t10-,11+. The summed E-state index contributed by atoms with van der Waals surface area (Å²) in [5, 5.41) is 0. The molecule has 0 bridgehead atoms. The molecule has 2 rings (SSSR count). The van der Waals surface area contributed by atoms with Gasteiger partial charge >= 0.3 is 0 Å². The third-order valence-corrected chi connectivity index (χ3v) is 3.04. The quantitative estimate of drug-likeness (QED) is 0.804. The first-order valence-electron chi connectivity index (χ1n) is 6.19. The lowest BCUT2D eigenvalue weighted by molar-refractivity contribution is -0.0586. The van der Waals surface area contributed by atoms with Crippen LogP contribution in [0.2, 0.25) is 0 Å². The summed E-state index contributed by atoms with van der Waals surface area (Å²) in [6.07, 6.45) is 0.187. The van der Waals surface area contributed by atoms with E-state index in [0.717, 1.165) is 5.75 Å². The number of ether oxygens (including phenoxy) is 2. The summed E-state index contributed by atoms with van der Waals surface area (Å²) in [7, 11) is 1.61. The van der Waals surface area contributed by atoms with Crippen molar-refractivity contribution in [1.29, 1.82) is 0 Å². The topological polar surface area (TPSA) is 38.8 Å². The number of morpholine rings is 1. The molecule has 0 saturated carbocycles. The smallest absolute Gasteiger partial charge is 0.254 e. The highest BCUT2D eigenvalue weighted by molar-refractivity contribution is 5.94. The number of carbonyl (C=O) groups excluding carboxylic acids is 1. The van der Waals surface area contributed by atoms with Crippen LogP contribution in [-0.2, 0) is 4.74 Å². The van der Waals surface area contributed by atoms with Crippen molar-refractivity contribution in [3.05, 3.63) is 29.8 Å². The fourth-order valence-electron chi connectivity index (χ4n) is 2.26. The third-order valence-electron chi connectivity index (χ3n) is 3.04. The maximum atomic E-state index is 12.3. The van der Waals surface area contributed by atoms with E-state index in [9.17, 15) is 4.79 Å². The predicted octanol–water partition coefficient (Wildman–Crippen LogP) is 1.94. The zero-order chi connectivity index (χ0) is 13.1. The van der Waals surface area contributed by atoms with E-state index in [4.69, 9.17) is 9.47 Å². The van der Waals surface area contributed by atoms with E-state index in [0.29, 0.717) is 18.7 Å². The Morgan fingerprint density at radius 2 is 1.78 bits per heavy atom. The highest BCUT2D eigenvalue weighted by atomic mass is 16.5.